The number of halogens is 2. The summed E-state index contributed by atoms with van der Waals surface area (Å²) in [7, 11) is 0. The summed E-state index contributed by atoms with van der Waals surface area (Å²) in [5.41, 5.74) is 2.22. The van der Waals surface area contributed by atoms with E-state index in [0.717, 1.165) is 6.42 Å². The summed E-state index contributed by atoms with van der Waals surface area (Å²) in [5.74, 6) is 0.276. The lowest BCUT2D eigenvalue weighted by molar-refractivity contribution is 0.0977. The van der Waals surface area contributed by atoms with Crippen LogP contribution in [-0.2, 0) is 6.42 Å². The third kappa shape index (κ3) is 6.75. The molecule has 0 saturated carbocycles. The van der Waals surface area contributed by atoms with Crippen molar-refractivity contribution in [3.8, 4) is 5.75 Å². The molecule has 0 unspecified atom stereocenters. The van der Waals surface area contributed by atoms with E-state index in [1.807, 2.05) is 36.4 Å². The minimum absolute atomic E-state index is 0.142. The van der Waals surface area contributed by atoms with E-state index in [9.17, 15) is 4.79 Å². The summed E-state index contributed by atoms with van der Waals surface area (Å²) in [6.45, 7) is 0.518. The third-order valence-corrected chi connectivity index (χ3v) is 4.59. The number of thiocarbonyl (C=S) groups is 1. The smallest absolute Gasteiger partial charge is 0.257 e. The first-order valence-corrected chi connectivity index (χ1v) is 10.0. The maximum Gasteiger partial charge on any atom is 0.257 e. The molecule has 0 aromatic heterocycles. The zero-order valence-electron chi connectivity index (χ0n) is 15.3. The monoisotopic (exact) mass is 444 g/mol. The van der Waals surface area contributed by atoms with Gasteiger partial charge in [-0.25, -0.2) is 0 Å². The number of carbonyl (C=O) groups is 1. The van der Waals surface area contributed by atoms with Gasteiger partial charge >= 0.3 is 0 Å². The number of amides is 1. The van der Waals surface area contributed by atoms with Crippen molar-refractivity contribution in [3.63, 3.8) is 0 Å². The third-order valence-electron chi connectivity index (χ3n) is 3.95. The number of nitrogens with one attached hydrogen (secondary N) is 2. The molecular weight excluding hydrogens is 427 g/mol. The molecule has 0 radical (unpaired) electrons. The van der Waals surface area contributed by atoms with E-state index in [1.165, 1.54) is 5.56 Å². The second kappa shape index (κ2) is 10.3. The standard InChI is InChI=1S/C22H18Cl2N2O2S/c23-17-12-18(24)14-19(13-17)25-22(29)26-21(27)16-7-4-8-20(11-16)28-10-9-15-5-2-1-3-6-15/h1-8,11-14H,9-10H2,(H2,25,26,27,29). The second-order valence-electron chi connectivity index (χ2n) is 6.18. The Labute approximate surface area is 184 Å². The molecule has 1 amide bonds. The first-order chi connectivity index (χ1) is 14.0. The predicted octanol–water partition coefficient (Wildman–Crippen LogP) is 5.74. The Kier molecular flexibility index (Phi) is 7.47. The fraction of sp³-hybridized carbons (Fsp3) is 0.0909. The molecule has 4 nitrogen and oxygen atoms in total. The average Bonchev–Trinajstić information content (AvgIpc) is 2.68. The van der Waals surface area contributed by atoms with Crippen molar-refractivity contribution in [1.82, 2.24) is 5.32 Å². The molecule has 2 N–H and O–H groups in total. The van der Waals surface area contributed by atoms with Crippen molar-refractivity contribution in [1.29, 1.82) is 0 Å². The van der Waals surface area contributed by atoms with Crippen LogP contribution in [0, 0.1) is 0 Å². The van der Waals surface area contributed by atoms with Gasteiger partial charge in [0.2, 0.25) is 0 Å². The van der Waals surface area contributed by atoms with Crippen LogP contribution in [0.5, 0.6) is 5.75 Å². The van der Waals surface area contributed by atoms with Crippen LogP contribution in [0.3, 0.4) is 0 Å². The second-order valence-corrected chi connectivity index (χ2v) is 7.46. The van der Waals surface area contributed by atoms with Gasteiger partial charge in [-0.3, -0.25) is 10.1 Å². The molecule has 0 heterocycles. The number of carbonyl (C=O) groups excluding carboxylic acids is 1. The molecule has 3 aromatic carbocycles. The molecule has 3 aromatic rings. The van der Waals surface area contributed by atoms with Gasteiger partial charge in [0.25, 0.3) is 5.91 Å². The SMILES string of the molecule is O=C(NC(=S)Nc1cc(Cl)cc(Cl)c1)c1cccc(OCCc2ccccc2)c1. The van der Waals surface area contributed by atoms with Crippen LogP contribution in [-0.4, -0.2) is 17.6 Å². The molecular formula is C22H18Cl2N2O2S. The first-order valence-electron chi connectivity index (χ1n) is 8.85. The summed E-state index contributed by atoms with van der Waals surface area (Å²) in [5, 5.41) is 6.60. The summed E-state index contributed by atoms with van der Waals surface area (Å²) in [6.07, 6.45) is 0.785. The highest BCUT2D eigenvalue weighted by Crippen LogP contribution is 2.22. The van der Waals surface area contributed by atoms with Crippen LogP contribution < -0.4 is 15.4 Å². The van der Waals surface area contributed by atoms with Gasteiger partial charge in [-0.1, -0.05) is 59.6 Å². The normalized spacial score (nSPS) is 10.3. The number of hydrogen-bond acceptors (Lipinski definition) is 3. The Morgan fingerprint density at radius 3 is 2.38 bits per heavy atom. The molecule has 0 atom stereocenters. The first kappa shape index (κ1) is 21.1. The van der Waals surface area contributed by atoms with Gasteiger partial charge in [-0.15, -0.1) is 0 Å². The van der Waals surface area contributed by atoms with E-state index in [2.05, 4.69) is 10.6 Å². The Morgan fingerprint density at radius 1 is 0.931 bits per heavy atom. The number of benzene rings is 3. The van der Waals surface area contributed by atoms with Gasteiger partial charge < -0.3 is 10.1 Å². The van der Waals surface area contributed by atoms with Gasteiger partial charge in [-0.05, 0) is 54.2 Å². The Balaban J connectivity index is 1.55. The van der Waals surface area contributed by atoms with Gasteiger partial charge in [0.15, 0.2) is 5.11 Å². The number of anilines is 1. The zero-order chi connectivity index (χ0) is 20.6. The maximum atomic E-state index is 12.5. The van der Waals surface area contributed by atoms with Crippen molar-refractivity contribution >= 4 is 52.1 Å². The topological polar surface area (TPSA) is 50.4 Å². The van der Waals surface area contributed by atoms with E-state index in [4.69, 9.17) is 40.2 Å². The van der Waals surface area contributed by atoms with E-state index < -0.39 is 0 Å². The van der Waals surface area contributed by atoms with Crippen LogP contribution >= 0.6 is 35.4 Å². The van der Waals surface area contributed by atoms with Crippen molar-refractivity contribution in [2.45, 2.75) is 6.42 Å². The van der Waals surface area contributed by atoms with Gasteiger partial charge in [0, 0.05) is 27.7 Å². The van der Waals surface area contributed by atoms with Crippen LogP contribution in [0.25, 0.3) is 0 Å². The number of rotatable bonds is 6. The molecule has 29 heavy (non-hydrogen) atoms. The Bertz CT molecular complexity index is 992. The summed E-state index contributed by atoms with van der Waals surface area (Å²) in [4.78, 5) is 12.5. The molecule has 3 rings (SSSR count). The molecule has 7 heteroatoms. The van der Waals surface area contributed by atoms with E-state index in [0.29, 0.717) is 33.7 Å². The van der Waals surface area contributed by atoms with E-state index in [-0.39, 0.29) is 11.0 Å². The lowest BCUT2D eigenvalue weighted by Crippen LogP contribution is -2.34. The molecule has 0 aliphatic rings. The van der Waals surface area contributed by atoms with E-state index in [1.54, 1.807) is 36.4 Å². The molecule has 0 aliphatic carbocycles. The molecule has 0 spiro atoms. The van der Waals surface area contributed by atoms with Gasteiger partial charge in [0.1, 0.15) is 5.75 Å². The van der Waals surface area contributed by atoms with Crippen LogP contribution in [0.1, 0.15) is 15.9 Å². The van der Waals surface area contributed by atoms with E-state index >= 15 is 0 Å². The largest absolute Gasteiger partial charge is 0.493 e. The molecule has 0 aliphatic heterocycles. The molecule has 148 valence electrons. The Hall–Kier alpha value is -2.60. The fourth-order valence-electron chi connectivity index (χ4n) is 2.62. The highest BCUT2D eigenvalue weighted by atomic mass is 35.5. The number of ether oxygens (including phenoxy) is 1. The molecule has 0 saturated heterocycles. The average molecular weight is 445 g/mol. The van der Waals surface area contributed by atoms with Crippen LogP contribution in [0.2, 0.25) is 10.0 Å². The van der Waals surface area contributed by atoms with Gasteiger partial charge in [0.05, 0.1) is 6.61 Å². The highest BCUT2D eigenvalue weighted by Gasteiger charge is 2.10. The maximum absolute atomic E-state index is 12.5. The van der Waals surface area contributed by atoms with Crippen molar-refractivity contribution in [2.24, 2.45) is 0 Å². The zero-order valence-corrected chi connectivity index (χ0v) is 17.7. The van der Waals surface area contributed by atoms with Crippen molar-refractivity contribution < 1.29 is 9.53 Å². The quantitative estimate of drug-likeness (QED) is 0.475. The molecule has 0 bridgehead atoms. The highest BCUT2D eigenvalue weighted by molar-refractivity contribution is 7.80. The van der Waals surface area contributed by atoms with Crippen LogP contribution in [0.4, 0.5) is 5.69 Å². The van der Waals surface area contributed by atoms with Gasteiger partial charge in [-0.2, -0.15) is 0 Å². The summed E-state index contributed by atoms with van der Waals surface area (Å²) >= 11 is 17.1. The minimum Gasteiger partial charge on any atom is -0.493 e. The van der Waals surface area contributed by atoms with Crippen molar-refractivity contribution in [2.75, 3.05) is 11.9 Å². The number of hydrogen-bond donors (Lipinski definition) is 2. The Morgan fingerprint density at radius 2 is 1.66 bits per heavy atom. The summed E-state index contributed by atoms with van der Waals surface area (Å²) in [6, 6.07) is 21.9. The predicted molar refractivity (Wildman–Crippen MR) is 122 cm³/mol. The van der Waals surface area contributed by atoms with Crippen molar-refractivity contribution in [3.05, 3.63) is 94.0 Å². The lowest BCUT2D eigenvalue weighted by atomic mass is 10.2. The minimum atomic E-state index is -0.343. The summed E-state index contributed by atoms with van der Waals surface area (Å²) < 4.78 is 5.77. The van der Waals surface area contributed by atoms with Crippen LogP contribution in [0.15, 0.2) is 72.8 Å². The lowest BCUT2D eigenvalue weighted by Gasteiger charge is -2.11. The molecule has 0 fully saturated rings. The fourth-order valence-corrected chi connectivity index (χ4v) is 3.36.